The lowest BCUT2D eigenvalue weighted by Gasteiger charge is -2.08. The maximum absolute atomic E-state index is 12.0. The Morgan fingerprint density at radius 1 is 1.15 bits per heavy atom. The molecular weight excluding hydrogens is 396 g/mol. The predicted molar refractivity (Wildman–Crippen MR) is 105 cm³/mol. The minimum absolute atomic E-state index is 0.00621. The second kappa shape index (κ2) is 7.70. The second-order valence-electron chi connectivity index (χ2n) is 6.02. The maximum Gasteiger partial charge on any atom is 0.336 e. The molecule has 0 amide bonds. The molecule has 1 aromatic heterocycles. The van der Waals surface area contributed by atoms with Gasteiger partial charge in [-0.05, 0) is 60.9 Å². The zero-order chi connectivity index (χ0) is 18.7. The molecule has 2 aromatic carbocycles. The molecule has 0 saturated heterocycles. The van der Waals surface area contributed by atoms with E-state index in [0.717, 1.165) is 26.5 Å². The van der Waals surface area contributed by atoms with Gasteiger partial charge in [0, 0.05) is 27.6 Å². The first kappa shape index (κ1) is 18.1. The molecule has 132 valence electrons. The zero-order valence-electron chi connectivity index (χ0n) is 14.4. The molecule has 0 radical (unpaired) electrons. The summed E-state index contributed by atoms with van der Waals surface area (Å²) in [5.74, 6) is -0.477. The topological polar surface area (TPSA) is 56.5 Å². The predicted octanol–water partition coefficient (Wildman–Crippen LogP) is 4.93. The van der Waals surface area contributed by atoms with Gasteiger partial charge in [0.25, 0.3) is 0 Å². The van der Waals surface area contributed by atoms with Gasteiger partial charge in [-0.1, -0.05) is 28.1 Å². The van der Waals surface area contributed by atoms with Crippen LogP contribution in [0, 0.1) is 13.8 Å². The van der Waals surface area contributed by atoms with Gasteiger partial charge >= 0.3 is 11.6 Å². The van der Waals surface area contributed by atoms with Crippen molar-refractivity contribution in [3.63, 3.8) is 0 Å². The second-order valence-corrected chi connectivity index (χ2v) is 6.94. The van der Waals surface area contributed by atoms with Crippen molar-refractivity contribution in [2.75, 3.05) is 0 Å². The molecule has 0 bridgehead atoms. The van der Waals surface area contributed by atoms with Gasteiger partial charge < -0.3 is 9.15 Å². The lowest BCUT2D eigenvalue weighted by molar-refractivity contribution is -0.138. The number of hydrogen-bond donors (Lipinski definition) is 0. The first-order valence-corrected chi connectivity index (χ1v) is 8.86. The van der Waals surface area contributed by atoms with Crippen LogP contribution < -0.4 is 5.63 Å². The third-order valence-electron chi connectivity index (χ3n) is 4.07. The van der Waals surface area contributed by atoms with Crippen molar-refractivity contribution < 1.29 is 13.9 Å². The molecule has 0 saturated carbocycles. The van der Waals surface area contributed by atoms with Crippen molar-refractivity contribution in [3.05, 3.63) is 85.7 Å². The molecule has 5 heteroatoms. The molecule has 1 heterocycles. The number of halogens is 1. The molecule has 0 spiro atoms. The number of hydrogen-bond acceptors (Lipinski definition) is 4. The first-order valence-electron chi connectivity index (χ1n) is 8.07. The summed E-state index contributed by atoms with van der Waals surface area (Å²) >= 11 is 3.38. The Labute approximate surface area is 159 Å². The number of carbonyl (C=O) groups is 1. The van der Waals surface area contributed by atoms with E-state index in [-0.39, 0.29) is 6.61 Å². The van der Waals surface area contributed by atoms with E-state index in [9.17, 15) is 9.59 Å². The maximum atomic E-state index is 12.0. The van der Waals surface area contributed by atoms with Gasteiger partial charge in [-0.3, -0.25) is 0 Å². The van der Waals surface area contributed by atoms with Gasteiger partial charge in [0.1, 0.15) is 12.2 Å². The van der Waals surface area contributed by atoms with Gasteiger partial charge in [-0.15, -0.1) is 0 Å². The van der Waals surface area contributed by atoms with Gasteiger partial charge in [-0.25, -0.2) is 9.59 Å². The smallest absolute Gasteiger partial charge is 0.336 e. The largest absolute Gasteiger partial charge is 0.458 e. The zero-order valence-corrected chi connectivity index (χ0v) is 16.0. The average molecular weight is 413 g/mol. The van der Waals surface area contributed by atoms with E-state index in [2.05, 4.69) is 15.9 Å². The van der Waals surface area contributed by atoms with E-state index in [1.54, 1.807) is 6.08 Å². The molecule has 4 nitrogen and oxygen atoms in total. The van der Waals surface area contributed by atoms with Crippen LogP contribution in [0.3, 0.4) is 0 Å². The molecule has 0 unspecified atom stereocenters. The number of esters is 1. The number of fused-ring (bicyclic) bond motifs is 1. The van der Waals surface area contributed by atoms with E-state index in [1.807, 2.05) is 50.2 Å². The van der Waals surface area contributed by atoms with Crippen LogP contribution in [-0.2, 0) is 16.1 Å². The summed E-state index contributed by atoms with van der Waals surface area (Å²) in [6.07, 6.45) is 3.04. The van der Waals surface area contributed by atoms with E-state index < -0.39 is 11.6 Å². The third-order valence-corrected chi connectivity index (χ3v) is 4.57. The quantitative estimate of drug-likeness (QED) is 0.346. The molecule has 0 aliphatic rings. The summed E-state index contributed by atoms with van der Waals surface area (Å²) in [6, 6.07) is 12.7. The van der Waals surface area contributed by atoms with Crippen LogP contribution in [0.1, 0.15) is 22.3 Å². The van der Waals surface area contributed by atoms with Crippen LogP contribution in [-0.4, -0.2) is 5.97 Å². The summed E-state index contributed by atoms with van der Waals surface area (Å²) in [4.78, 5) is 23.8. The number of aryl methyl sites for hydroxylation is 2. The van der Waals surface area contributed by atoms with Crippen molar-refractivity contribution in [2.24, 2.45) is 0 Å². The van der Waals surface area contributed by atoms with E-state index >= 15 is 0 Å². The summed E-state index contributed by atoms with van der Waals surface area (Å²) in [7, 11) is 0. The fourth-order valence-electron chi connectivity index (χ4n) is 2.57. The molecule has 0 fully saturated rings. The highest BCUT2D eigenvalue weighted by Gasteiger charge is 2.09. The normalized spacial score (nSPS) is 11.2. The van der Waals surface area contributed by atoms with Crippen LogP contribution in [0.25, 0.3) is 17.0 Å². The van der Waals surface area contributed by atoms with E-state index in [4.69, 9.17) is 9.15 Å². The van der Waals surface area contributed by atoms with Crippen molar-refractivity contribution in [1.29, 1.82) is 0 Å². The molecule has 0 atom stereocenters. The van der Waals surface area contributed by atoms with Gasteiger partial charge in [0.05, 0.1) is 0 Å². The molecule has 0 aliphatic heterocycles. The number of ether oxygens (including phenoxy) is 1. The summed E-state index contributed by atoms with van der Waals surface area (Å²) in [6.45, 7) is 3.94. The van der Waals surface area contributed by atoms with Crippen molar-refractivity contribution >= 4 is 38.9 Å². The molecule has 26 heavy (non-hydrogen) atoms. The van der Waals surface area contributed by atoms with E-state index in [0.29, 0.717) is 11.1 Å². The lowest BCUT2D eigenvalue weighted by atomic mass is 10.0. The lowest BCUT2D eigenvalue weighted by Crippen LogP contribution is -2.06. The first-order chi connectivity index (χ1) is 12.4. The Kier molecular flexibility index (Phi) is 5.38. The highest BCUT2D eigenvalue weighted by molar-refractivity contribution is 9.10. The Hall–Kier alpha value is -2.66. The molecule has 3 rings (SSSR count). The van der Waals surface area contributed by atoms with Gasteiger partial charge in [0.15, 0.2) is 0 Å². The van der Waals surface area contributed by atoms with Crippen LogP contribution in [0.15, 0.2) is 62.2 Å². The van der Waals surface area contributed by atoms with Gasteiger partial charge in [-0.2, -0.15) is 0 Å². The Balaban J connectivity index is 1.78. The third kappa shape index (κ3) is 4.29. The Morgan fingerprint density at radius 2 is 1.92 bits per heavy atom. The standard InChI is InChI=1S/C21H17BrO4/c1-13-8-18-16(11-21(24)26-19(18)9-14(13)2)12-25-20(23)7-6-15-4-3-5-17(22)10-15/h3-11H,12H2,1-2H3/b7-6+. The van der Waals surface area contributed by atoms with Gasteiger partial charge in [0.2, 0.25) is 0 Å². The number of rotatable bonds is 4. The highest BCUT2D eigenvalue weighted by atomic mass is 79.9. The summed E-state index contributed by atoms with van der Waals surface area (Å²) < 4.78 is 11.5. The van der Waals surface area contributed by atoms with Crippen molar-refractivity contribution in [3.8, 4) is 0 Å². The Morgan fingerprint density at radius 3 is 2.69 bits per heavy atom. The van der Waals surface area contributed by atoms with Crippen LogP contribution >= 0.6 is 15.9 Å². The number of benzene rings is 2. The van der Waals surface area contributed by atoms with Crippen LogP contribution in [0.2, 0.25) is 0 Å². The van der Waals surface area contributed by atoms with Crippen molar-refractivity contribution in [2.45, 2.75) is 20.5 Å². The van der Waals surface area contributed by atoms with E-state index in [1.165, 1.54) is 12.1 Å². The van der Waals surface area contributed by atoms with Crippen LogP contribution in [0.5, 0.6) is 0 Å². The molecule has 3 aromatic rings. The highest BCUT2D eigenvalue weighted by Crippen LogP contribution is 2.22. The monoisotopic (exact) mass is 412 g/mol. The molecular formula is C21H17BrO4. The van der Waals surface area contributed by atoms with Crippen LogP contribution in [0.4, 0.5) is 0 Å². The molecule has 0 aliphatic carbocycles. The fraction of sp³-hybridized carbons (Fsp3) is 0.143. The summed E-state index contributed by atoms with van der Waals surface area (Å²) in [5, 5.41) is 0.775. The Bertz CT molecular complexity index is 1060. The minimum atomic E-state index is -0.477. The molecule has 0 N–H and O–H groups in total. The SMILES string of the molecule is Cc1cc2oc(=O)cc(COC(=O)/C=C/c3cccc(Br)c3)c2cc1C. The number of carbonyl (C=O) groups excluding carboxylic acids is 1. The fourth-order valence-corrected chi connectivity index (χ4v) is 2.99. The minimum Gasteiger partial charge on any atom is -0.458 e. The average Bonchev–Trinajstić information content (AvgIpc) is 2.59. The van der Waals surface area contributed by atoms with Crippen molar-refractivity contribution in [1.82, 2.24) is 0 Å². The summed E-state index contributed by atoms with van der Waals surface area (Å²) in [5.41, 5.74) is 3.66.